The zero-order valence-electron chi connectivity index (χ0n) is 18.4. The summed E-state index contributed by atoms with van der Waals surface area (Å²) in [5.74, 6) is 0.324. The lowest BCUT2D eigenvalue weighted by Gasteiger charge is -2.21. The zero-order chi connectivity index (χ0) is 22.8. The number of nitrogens with one attached hydrogen (secondary N) is 1. The number of amides is 1. The average Bonchev–Trinajstić information content (AvgIpc) is 2.92. The van der Waals surface area contributed by atoms with Gasteiger partial charge in [-0.25, -0.2) is 9.18 Å². The molecule has 1 amide bonds. The normalized spacial score (nSPS) is 11.1. The number of carbonyl (C=O) groups excluding carboxylic acids is 1. The minimum Gasteiger partial charge on any atom is -0.444 e. The maximum absolute atomic E-state index is 13.4. The van der Waals surface area contributed by atoms with Gasteiger partial charge in [-0.1, -0.05) is 24.3 Å². The fraction of sp³-hybridized carbons (Fsp3) is 0.280. The van der Waals surface area contributed by atoms with E-state index in [9.17, 15) is 9.18 Å². The Kier molecular flexibility index (Phi) is 6.16. The van der Waals surface area contributed by atoms with Crippen LogP contribution in [-0.2, 0) is 11.3 Å². The van der Waals surface area contributed by atoms with Crippen LogP contribution in [0.2, 0.25) is 0 Å². The number of nitrogens with zero attached hydrogens (tertiary/aromatic N) is 2. The van der Waals surface area contributed by atoms with E-state index in [0.717, 1.165) is 27.9 Å². The standard InChI is InChI=1S/C25H26FN3O2/c1-16-22(20-10-6-18(14-27)7-11-20)17(2)29(15-19-8-12-21(26)13-9-19)23(16)28-24(30)31-25(3,4)5/h6-13H,15H2,1-5H3,(H,28,30). The van der Waals surface area contributed by atoms with Gasteiger partial charge in [-0.3, -0.25) is 5.32 Å². The fourth-order valence-electron chi connectivity index (χ4n) is 3.56. The first kappa shape index (κ1) is 22.1. The van der Waals surface area contributed by atoms with Crippen LogP contribution in [0, 0.1) is 31.0 Å². The van der Waals surface area contributed by atoms with Gasteiger partial charge >= 0.3 is 6.09 Å². The molecule has 160 valence electrons. The van der Waals surface area contributed by atoms with Gasteiger partial charge in [-0.05, 0) is 75.6 Å². The van der Waals surface area contributed by atoms with Crippen molar-refractivity contribution in [2.45, 2.75) is 46.8 Å². The topological polar surface area (TPSA) is 67.0 Å². The van der Waals surface area contributed by atoms with Crippen LogP contribution in [0.1, 0.15) is 43.2 Å². The highest BCUT2D eigenvalue weighted by atomic mass is 19.1. The van der Waals surface area contributed by atoms with Gasteiger partial charge in [-0.15, -0.1) is 0 Å². The van der Waals surface area contributed by atoms with Gasteiger partial charge in [0.15, 0.2) is 0 Å². The molecule has 1 heterocycles. The molecule has 3 rings (SSSR count). The van der Waals surface area contributed by atoms with Crippen LogP contribution in [0.5, 0.6) is 0 Å². The van der Waals surface area contributed by atoms with Crippen molar-refractivity contribution in [1.29, 1.82) is 5.26 Å². The lowest BCUT2D eigenvalue weighted by atomic mass is 10.0. The van der Waals surface area contributed by atoms with Crippen molar-refractivity contribution in [1.82, 2.24) is 4.57 Å². The summed E-state index contributed by atoms with van der Waals surface area (Å²) < 4.78 is 20.8. The molecule has 0 unspecified atom stereocenters. The number of hydrogen-bond donors (Lipinski definition) is 1. The number of nitriles is 1. The van der Waals surface area contributed by atoms with Gasteiger partial charge in [0, 0.05) is 17.8 Å². The van der Waals surface area contributed by atoms with E-state index < -0.39 is 11.7 Å². The van der Waals surface area contributed by atoms with Crippen LogP contribution in [-0.4, -0.2) is 16.3 Å². The highest BCUT2D eigenvalue weighted by molar-refractivity contribution is 5.88. The molecule has 0 atom stereocenters. The van der Waals surface area contributed by atoms with E-state index >= 15 is 0 Å². The molecule has 0 aliphatic carbocycles. The van der Waals surface area contributed by atoms with Gasteiger partial charge < -0.3 is 9.30 Å². The highest BCUT2D eigenvalue weighted by Gasteiger charge is 2.23. The predicted octanol–water partition coefficient (Wildman–Crippen LogP) is 6.18. The van der Waals surface area contributed by atoms with E-state index in [4.69, 9.17) is 10.00 Å². The smallest absolute Gasteiger partial charge is 0.413 e. The van der Waals surface area contributed by atoms with E-state index in [1.807, 2.05) is 51.3 Å². The van der Waals surface area contributed by atoms with E-state index in [1.165, 1.54) is 12.1 Å². The van der Waals surface area contributed by atoms with Crippen molar-refractivity contribution in [3.05, 3.63) is 76.7 Å². The summed E-state index contributed by atoms with van der Waals surface area (Å²) in [4.78, 5) is 12.5. The highest BCUT2D eigenvalue weighted by Crippen LogP contribution is 2.36. The maximum Gasteiger partial charge on any atom is 0.413 e. The number of rotatable bonds is 4. The molecule has 0 aliphatic heterocycles. The first-order chi connectivity index (χ1) is 14.6. The van der Waals surface area contributed by atoms with Crippen LogP contribution in [0.3, 0.4) is 0 Å². The number of hydrogen-bond acceptors (Lipinski definition) is 3. The van der Waals surface area contributed by atoms with Gasteiger partial charge in [0.25, 0.3) is 0 Å². The quantitative estimate of drug-likeness (QED) is 0.549. The number of anilines is 1. The molecule has 2 aromatic carbocycles. The van der Waals surface area contributed by atoms with Crippen molar-refractivity contribution in [2.24, 2.45) is 0 Å². The molecule has 6 heteroatoms. The molecule has 0 aliphatic rings. The lowest BCUT2D eigenvalue weighted by molar-refractivity contribution is 0.0634. The third-order valence-electron chi connectivity index (χ3n) is 4.94. The Balaban J connectivity index is 2.08. The Hall–Kier alpha value is -3.59. The second-order valence-corrected chi connectivity index (χ2v) is 8.46. The van der Waals surface area contributed by atoms with Crippen LogP contribution < -0.4 is 5.32 Å². The minimum absolute atomic E-state index is 0.297. The van der Waals surface area contributed by atoms with Crippen molar-refractivity contribution in [2.75, 3.05) is 5.32 Å². The SMILES string of the molecule is Cc1c(-c2ccc(C#N)cc2)c(C)n(Cc2ccc(F)cc2)c1NC(=O)OC(C)(C)C. The second kappa shape index (κ2) is 8.65. The van der Waals surface area contributed by atoms with Crippen LogP contribution in [0.25, 0.3) is 11.1 Å². The lowest BCUT2D eigenvalue weighted by Crippen LogP contribution is -2.28. The molecule has 0 saturated heterocycles. The molecule has 0 radical (unpaired) electrons. The van der Waals surface area contributed by atoms with Crippen LogP contribution in [0.4, 0.5) is 15.0 Å². The minimum atomic E-state index is -0.628. The molecule has 3 aromatic rings. The molecule has 5 nitrogen and oxygen atoms in total. The number of benzene rings is 2. The van der Waals surface area contributed by atoms with Gasteiger partial charge in [0.05, 0.1) is 11.6 Å². The summed E-state index contributed by atoms with van der Waals surface area (Å²) >= 11 is 0. The zero-order valence-corrected chi connectivity index (χ0v) is 18.4. The van der Waals surface area contributed by atoms with Crippen LogP contribution >= 0.6 is 0 Å². The summed E-state index contributed by atoms with van der Waals surface area (Å²) in [6.45, 7) is 9.80. The van der Waals surface area contributed by atoms with Crippen molar-refractivity contribution >= 4 is 11.9 Å². The number of carbonyl (C=O) groups is 1. The molecule has 0 spiro atoms. The van der Waals surface area contributed by atoms with Crippen molar-refractivity contribution in [3.8, 4) is 17.2 Å². The Bertz CT molecular complexity index is 1130. The maximum atomic E-state index is 13.4. The predicted molar refractivity (Wildman–Crippen MR) is 119 cm³/mol. The summed E-state index contributed by atoms with van der Waals surface area (Å²) in [5.41, 5.74) is 4.59. The molecular weight excluding hydrogens is 393 g/mol. The first-order valence-electron chi connectivity index (χ1n) is 10.0. The summed E-state index contributed by atoms with van der Waals surface area (Å²) in [6, 6.07) is 15.8. The Morgan fingerprint density at radius 1 is 1.10 bits per heavy atom. The third-order valence-corrected chi connectivity index (χ3v) is 4.94. The third kappa shape index (κ3) is 5.13. The molecule has 0 fully saturated rings. The monoisotopic (exact) mass is 419 g/mol. The van der Waals surface area contributed by atoms with E-state index in [2.05, 4.69) is 11.4 Å². The second-order valence-electron chi connectivity index (χ2n) is 8.46. The summed E-state index contributed by atoms with van der Waals surface area (Å²) in [5, 5.41) is 12.0. The largest absolute Gasteiger partial charge is 0.444 e. The number of aromatic nitrogens is 1. The van der Waals surface area contributed by atoms with E-state index in [0.29, 0.717) is 17.9 Å². The molecule has 1 aromatic heterocycles. The Morgan fingerprint density at radius 3 is 2.26 bits per heavy atom. The van der Waals surface area contributed by atoms with E-state index in [1.54, 1.807) is 24.3 Å². The molecule has 31 heavy (non-hydrogen) atoms. The summed E-state index contributed by atoms with van der Waals surface area (Å²) in [7, 11) is 0. The van der Waals surface area contributed by atoms with Crippen LogP contribution in [0.15, 0.2) is 48.5 Å². The number of ether oxygens (including phenoxy) is 1. The Morgan fingerprint density at radius 2 is 1.71 bits per heavy atom. The number of halogens is 1. The first-order valence-corrected chi connectivity index (χ1v) is 10.0. The van der Waals surface area contributed by atoms with Crippen molar-refractivity contribution < 1.29 is 13.9 Å². The molecule has 0 bridgehead atoms. The fourth-order valence-corrected chi connectivity index (χ4v) is 3.56. The van der Waals surface area contributed by atoms with E-state index in [-0.39, 0.29) is 5.82 Å². The molecule has 0 saturated carbocycles. The summed E-state index contributed by atoms with van der Waals surface area (Å²) in [6.07, 6.45) is -0.542. The van der Waals surface area contributed by atoms with Gasteiger partial charge in [0.1, 0.15) is 17.2 Å². The van der Waals surface area contributed by atoms with Gasteiger partial charge in [-0.2, -0.15) is 5.26 Å². The average molecular weight is 420 g/mol. The van der Waals surface area contributed by atoms with Crippen molar-refractivity contribution in [3.63, 3.8) is 0 Å². The Labute approximate surface area is 182 Å². The molecular formula is C25H26FN3O2. The van der Waals surface area contributed by atoms with Gasteiger partial charge in [0.2, 0.25) is 0 Å². The molecule has 1 N–H and O–H groups in total.